The van der Waals surface area contributed by atoms with Gasteiger partial charge in [0.15, 0.2) is 11.5 Å². The Kier molecular flexibility index (Phi) is 6.38. The van der Waals surface area contributed by atoms with Crippen LogP contribution >= 0.6 is 0 Å². The summed E-state index contributed by atoms with van der Waals surface area (Å²) in [5, 5.41) is 3.75. The molecule has 1 N–H and O–H groups in total. The maximum absolute atomic E-state index is 6.10. The van der Waals surface area contributed by atoms with Crippen LogP contribution in [0.1, 0.15) is 43.9 Å². The summed E-state index contributed by atoms with van der Waals surface area (Å²) in [7, 11) is 1.71. The van der Waals surface area contributed by atoms with Crippen molar-refractivity contribution in [3.63, 3.8) is 0 Å². The topological polar surface area (TPSA) is 30.5 Å². The molecule has 0 aromatic heterocycles. The minimum Gasteiger partial charge on any atom is -0.493 e. The van der Waals surface area contributed by atoms with E-state index in [1.807, 2.05) is 24.3 Å². The van der Waals surface area contributed by atoms with Crippen LogP contribution in [0.2, 0.25) is 0 Å². The van der Waals surface area contributed by atoms with Gasteiger partial charge in [0.2, 0.25) is 0 Å². The van der Waals surface area contributed by atoms with Gasteiger partial charge in [-0.3, -0.25) is 0 Å². The van der Waals surface area contributed by atoms with Crippen LogP contribution in [0.4, 0.5) is 0 Å². The average molecular weight is 428 g/mol. The van der Waals surface area contributed by atoms with Gasteiger partial charge in [0.1, 0.15) is 6.61 Å². The minimum absolute atomic E-state index is 0.0502. The molecule has 0 saturated heterocycles. The molecule has 0 amide bonds. The van der Waals surface area contributed by atoms with Crippen molar-refractivity contribution in [2.75, 3.05) is 7.11 Å². The Morgan fingerprint density at radius 2 is 1.56 bits per heavy atom. The zero-order valence-corrected chi connectivity index (χ0v) is 19.5. The van der Waals surface area contributed by atoms with E-state index in [1.165, 1.54) is 11.1 Å². The van der Waals surface area contributed by atoms with Gasteiger partial charge in [0.05, 0.1) is 7.11 Å². The van der Waals surface area contributed by atoms with Crippen molar-refractivity contribution >= 4 is 0 Å². The summed E-state index contributed by atoms with van der Waals surface area (Å²) in [5.74, 6) is 1.52. The van der Waals surface area contributed by atoms with Crippen LogP contribution in [0, 0.1) is 0 Å². The third-order valence-electron chi connectivity index (χ3n) is 5.98. The second kappa shape index (κ2) is 9.22. The zero-order chi connectivity index (χ0) is 22.6. The van der Waals surface area contributed by atoms with Crippen LogP contribution in [-0.4, -0.2) is 18.7 Å². The molecule has 4 rings (SSSR count). The van der Waals surface area contributed by atoms with Crippen molar-refractivity contribution < 1.29 is 9.47 Å². The summed E-state index contributed by atoms with van der Waals surface area (Å²) in [5.41, 5.74) is 3.47. The van der Waals surface area contributed by atoms with Gasteiger partial charge in [-0.1, -0.05) is 78.9 Å². The standard InChI is InChI=1S/C29H33NO2/c1-28(2,3)30-25-17-18-29(20-25,23-13-9-6-10-14-23)24-15-16-26(27(19-24)31-4)32-21-22-11-7-5-8-12-22/h5-19,25,30H,20-21H2,1-4H3/t25-,29+/m1/s1. The lowest BCUT2D eigenvalue weighted by molar-refractivity contribution is 0.284. The highest BCUT2D eigenvalue weighted by atomic mass is 16.5. The molecule has 0 aliphatic heterocycles. The van der Waals surface area contributed by atoms with Gasteiger partial charge < -0.3 is 14.8 Å². The second-order valence-corrected chi connectivity index (χ2v) is 9.54. The number of hydrogen-bond acceptors (Lipinski definition) is 3. The van der Waals surface area contributed by atoms with Gasteiger partial charge in [-0.2, -0.15) is 0 Å². The molecule has 0 heterocycles. The maximum atomic E-state index is 6.10. The van der Waals surface area contributed by atoms with Gasteiger partial charge in [0.25, 0.3) is 0 Å². The largest absolute Gasteiger partial charge is 0.493 e. The minimum atomic E-state index is -0.213. The molecule has 0 saturated carbocycles. The van der Waals surface area contributed by atoms with Crippen LogP contribution in [-0.2, 0) is 12.0 Å². The normalized spacial score (nSPS) is 20.3. The monoisotopic (exact) mass is 427 g/mol. The fourth-order valence-electron chi connectivity index (χ4n) is 4.55. The first-order valence-electron chi connectivity index (χ1n) is 11.3. The number of nitrogens with one attached hydrogen (secondary N) is 1. The molecule has 3 heteroatoms. The first-order chi connectivity index (χ1) is 15.4. The van der Waals surface area contributed by atoms with Gasteiger partial charge in [-0.15, -0.1) is 0 Å². The summed E-state index contributed by atoms with van der Waals surface area (Å²) in [6.45, 7) is 7.15. The molecular weight excluding hydrogens is 394 g/mol. The van der Waals surface area contributed by atoms with Crippen molar-refractivity contribution in [2.45, 2.75) is 50.8 Å². The highest BCUT2D eigenvalue weighted by Crippen LogP contribution is 2.45. The number of rotatable bonds is 7. The second-order valence-electron chi connectivity index (χ2n) is 9.54. The lowest BCUT2D eigenvalue weighted by atomic mass is 9.73. The van der Waals surface area contributed by atoms with E-state index >= 15 is 0 Å². The van der Waals surface area contributed by atoms with E-state index in [0.29, 0.717) is 12.6 Å². The Balaban J connectivity index is 1.65. The van der Waals surface area contributed by atoms with Crippen molar-refractivity contribution in [1.29, 1.82) is 0 Å². The molecule has 0 radical (unpaired) electrons. The van der Waals surface area contributed by atoms with E-state index in [0.717, 1.165) is 23.5 Å². The molecule has 3 aromatic rings. The molecule has 32 heavy (non-hydrogen) atoms. The Hall–Kier alpha value is -3.04. The Morgan fingerprint density at radius 1 is 0.875 bits per heavy atom. The predicted octanol–water partition coefficient (Wildman–Crippen LogP) is 6.28. The molecule has 0 fully saturated rings. The van der Waals surface area contributed by atoms with Gasteiger partial charge in [-0.25, -0.2) is 0 Å². The smallest absolute Gasteiger partial charge is 0.161 e. The van der Waals surface area contributed by atoms with E-state index in [9.17, 15) is 0 Å². The van der Waals surface area contributed by atoms with Crippen molar-refractivity contribution in [3.8, 4) is 11.5 Å². The summed E-state index contributed by atoms with van der Waals surface area (Å²) in [6, 6.07) is 27.6. The van der Waals surface area contributed by atoms with E-state index < -0.39 is 0 Å². The molecule has 166 valence electrons. The lowest BCUT2D eigenvalue weighted by Gasteiger charge is -2.33. The lowest BCUT2D eigenvalue weighted by Crippen LogP contribution is -2.43. The van der Waals surface area contributed by atoms with Gasteiger partial charge >= 0.3 is 0 Å². The van der Waals surface area contributed by atoms with Crippen LogP contribution in [0.25, 0.3) is 0 Å². The van der Waals surface area contributed by atoms with Gasteiger partial charge in [0, 0.05) is 17.0 Å². The maximum Gasteiger partial charge on any atom is 0.161 e. The molecule has 1 aliphatic rings. The van der Waals surface area contributed by atoms with E-state index in [1.54, 1.807) is 7.11 Å². The van der Waals surface area contributed by atoms with E-state index in [2.05, 4.69) is 92.8 Å². The summed E-state index contributed by atoms with van der Waals surface area (Å²) in [4.78, 5) is 0. The van der Waals surface area contributed by atoms with Crippen molar-refractivity contribution in [2.24, 2.45) is 0 Å². The van der Waals surface area contributed by atoms with Crippen molar-refractivity contribution in [3.05, 3.63) is 108 Å². The average Bonchev–Trinajstić information content (AvgIpc) is 3.22. The predicted molar refractivity (Wildman–Crippen MR) is 131 cm³/mol. The number of benzene rings is 3. The number of allylic oxidation sites excluding steroid dienone is 1. The molecule has 0 unspecified atom stereocenters. The Morgan fingerprint density at radius 3 is 2.22 bits per heavy atom. The fraction of sp³-hybridized carbons (Fsp3) is 0.310. The Bertz CT molecular complexity index is 1050. The van der Waals surface area contributed by atoms with Crippen LogP contribution < -0.4 is 14.8 Å². The summed E-state index contributed by atoms with van der Waals surface area (Å²) < 4.78 is 11.9. The molecule has 3 aromatic carbocycles. The summed E-state index contributed by atoms with van der Waals surface area (Å²) >= 11 is 0. The molecular formula is C29H33NO2. The first-order valence-corrected chi connectivity index (χ1v) is 11.3. The summed E-state index contributed by atoms with van der Waals surface area (Å²) in [6.07, 6.45) is 5.62. The van der Waals surface area contributed by atoms with Crippen LogP contribution in [0.5, 0.6) is 11.5 Å². The first kappa shape index (κ1) is 22.2. The van der Waals surface area contributed by atoms with Crippen LogP contribution in [0.15, 0.2) is 91.0 Å². The number of methoxy groups -OCH3 is 1. The third-order valence-corrected chi connectivity index (χ3v) is 5.98. The molecule has 3 nitrogen and oxygen atoms in total. The van der Waals surface area contributed by atoms with E-state index in [4.69, 9.17) is 9.47 Å². The van der Waals surface area contributed by atoms with Crippen LogP contribution in [0.3, 0.4) is 0 Å². The number of ether oxygens (including phenoxy) is 2. The fourth-order valence-corrected chi connectivity index (χ4v) is 4.55. The molecule has 1 aliphatic carbocycles. The molecule has 0 spiro atoms. The van der Waals surface area contributed by atoms with Crippen molar-refractivity contribution in [1.82, 2.24) is 5.32 Å². The SMILES string of the molecule is COc1cc([C@@]2(c3ccccc3)C=C[C@@H](NC(C)(C)C)C2)ccc1OCc1ccccc1. The number of hydrogen-bond donors (Lipinski definition) is 1. The Labute approximate surface area is 192 Å². The zero-order valence-electron chi connectivity index (χ0n) is 19.5. The highest BCUT2D eigenvalue weighted by Gasteiger charge is 2.39. The molecule has 2 atom stereocenters. The third kappa shape index (κ3) is 4.89. The van der Waals surface area contributed by atoms with E-state index in [-0.39, 0.29) is 11.0 Å². The highest BCUT2D eigenvalue weighted by molar-refractivity contribution is 5.53. The molecule has 0 bridgehead atoms. The quantitative estimate of drug-likeness (QED) is 0.450. The van der Waals surface area contributed by atoms with Gasteiger partial charge in [-0.05, 0) is 56.0 Å².